The molecule has 0 aliphatic carbocycles. The molecule has 0 spiro atoms. The number of carbonyl (C=O) groups is 1. The number of hydrogen-bond donors (Lipinski definition) is 2. The van der Waals surface area contributed by atoms with Gasteiger partial charge in [-0.15, -0.1) is 0 Å². The van der Waals surface area contributed by atoms with Crippen LogP contribution in [0.5, 0.6) is 17.2 Å². The summed E-state index contributed by atoms with van der Waals surface area (Å²) >= 11 is 0. The molecular weight excluding hydrogens is 315 g/mol. The molecule has 6 nitrogen and oxygen atoms in total. The van der Waals surface area contributed by atoms with E-state index < -0.39 is 12.2 Å². The van der Waals surface area contributed by atoms with Crippen LogP contribution in [0.2, 0.25) is 0 Å². The third kappa shape index (κ3) is 3.67. The molecule has 128 valence electrons. The van der Waals surface area contributed by atoms with Crippen molar-refractivity contribution in [1.29, 1.82) is 0 Å². The molecule has 0 saturated carbocycles. The third-order valence-electron chi connectivity index (χ3n) is 3.74. The normalized spacial score (nSPS) is 12.2. The van der Waals surface area contributed by atoms with E-state index in [9.17, 15) is 15.0 Å². The predicted octanol–water partition coefficient (Wildman–Crippen LogP) is 2.69. The summed E-state index contributed by atoms with van der Waals surface area (Å²) in [6.07, 6.45) is -0.834. The van der Waals surface area contributed by atoms with Crippen molar-refractivity contribution in [3.63, 3.8) is 0 Å². The van der Waals surface area contributed by atoms with Gasteiger partial charge in [-0.2, -0.15) is 0 Å². The maximum Gasteiger partial charge on any atom is 0.179 e. The van der Waals surface area contributed by atoms with Crippen LogP contribution < -0.4 is 4.74 Å². The van der Waals surface area contributed by atoms with Gasteiger partial charge in [-0.3, -0.25) is 4.79 Å². The summed E-state index contributed by atoms with van der Waals surface area (Å²) in [5.74, 6) is -0.943. The molecule has 0 radical (unpaired) electrons. The number of methoxy groups -OCH3 is 3. The van der Waals surface area contributed by atoms with E-state index >= 15 is 0 Å². The highest BCUT2D eigenvalue weighted by atomic mass is 16.8. The van der Waals surface area contributed by atoms with Crippen molar-refractivity contribution in [1.82, 2.24) is 0 Å². The van der Waals surface area contributed by atoms with Gasteiger partial charge in [0.05, 0.1) is 18.6 Å². The Morgan fingerprint density at radius 1 is 0.958 bits per heavy atom. The third-order valence-corrected chi connectivity index (χ3v) is 3.74. The lowest BCUT2D eigenvalue weighted by molar-refractivity contribution is -0.110. The smallest absolute Gasteiger partial charge is 0.179 e. The maximum absolute atomic E-state index is 13.0. The van der Waals surface area contributed by atoms with Crippen LogP contribution in [-0.2, 0) is 9.47 Å². The zero-order chi connectivity index (χ0) is 17.7. The molecule has 2 rings (SSSR count). The van der Waals surface area contributed by atoms with Gasteiger partial charge >= 0.3 is 0 Å². The first kappa shape index (κ1) is 17.8. The number of phenolic OH excluding ortho intramolecular Hbond substituents is 2. The zero-order valence-corrected chi connectivity index (χ0v) is 13.7. The average molecular weight is 335 g/mol. The first-order valence-corrected chi connectivity index (χ1v) is 7.27. The number of ether oxygens (including phenoxy) is 3. The van der Waals surface area contributed by atoms with Crippen molar-refractivity contribution in [3.05, 3.63) is 53.6 Å². The minimum Gasteiger partial charge on any atom is -0.508 e. The van der Waals surface area contributed by atoms with E-state index in [0.29, 0.717) is 11.3 Å². The Labute approximate surface area is 140 Å². The van der Waals surface area contributed by atoms with E-state index in [2.05, 4.69) is 0 Å². The minimum absolute atomic E-state index is 0.0766. The number of phenols is 2. The Balaban J connectivity index is 2.46. The molecule has 2 N–H and O–H groups in total. The highest BCUT2D eigenvalue weighted by Gasteiger charge is 2.32. The molecule has 0 amide bonds. The fourth-order valence-corrected chi connectivity index (χ4v) is 2.51. The molecule has 0 aliphatic heterocycles. The number of aromatic hydroxyl groups is 2. The molecule has 2 aromatic carbocycles. The highest BCUT2D eigenvalue weighted by Crippen LogP contribution is 2.32. The number of Topliss-reactive ketones (excluding diaryl/α,β-unsaturated/α-hetero) is 1. The summed E-state index contributed by atoms with van der Waals surface area (Å²) in [7, 11) is 4.43. The Hall–Kier alpha value is -2.57. The van der Waals surface area contributed by atoms with Crippen LogP contribution in [0.1, 0.15) is 21.8 Å². The summed E-state index contributed by atoms with van der Waals surface area (Å²) in [4.78, 5) is 13.0. The van der Waals surface area contributed by atoms with Gasteiger partial charge in [0.2, 0.25) is 0 Å². The fourth-order valence-electron chi connectivity index (χ4n) is 2.51. The summed E-state index contributed by atoms with van der Waals surface area (Å²) in [5, 5.41) is 19.4. The molecule has 0 saturated heterocycles. The second kappa shape index (κ2) is 7.81. The Bertz CT molecular complexity index is 691. The minimum atomic E-state index is -0.834. The molecule has 0 heterocycles. The summed E-state index contributed by atoms with van der Waals surface area (Å²) in [6.45, 7) is 0. The van der Waals surface area contributed by atoms with E-state index in [1.54, 1.807) is 31.4 Å². The predicted molar refractivity (Wildman–Crippen MR) is 87.6 cm³/mol. The molecule has 0 fully saturated rings. The Morgan fingerprint density at radius 2 is 1.58 bits per heavy atom. The zero-order valence-electron chi connectivity index (χ0n) is 13.7. The number of rotatable bonds is 7. The van der Waals surface area contributed by atoms with E-state index in [0.717, 1.165) is 6.07 Å². The average Bonchev–Trinajstić information content (AvgIpc) is 2.59. The summed E-state index contributed by atoms with van der Waals surface area (Å²) < 4.78 is 15.7. The van der Waals surface area contributed by atoms with Gasteiger partial charge in [0.1, 0.15) is 17.2 Å². The molecule has 0 aromatic heterocycles. The molecule has 6 heteroatoms. The molecule has 1 atom stereocenters. The SMILES string of the molecule is COc1ccc([13CH]([13C](=O)c2ccc(O)cc2O)[13CH](OC)OC)cc1. The Kier molecular flexibility index (Phi) is 5.78. The quantitative estimate of drug-likeness (QED) is 0.460. The van der Waals surface area contributed by atoms with Crippen LogP contribution >= 0.6 is 0 Å². The fraction of sp³-hybridized carbons (Fsp3) is 0.278. The van der Waals surface area contributed by atoms with Crippen LogP contribution in [-0.4, -0.2) is 43.6 Å². The van der Waals surface area contributed by atoms with Crippen LogP contribution in [0.15, 0.2) is 42.5 Å². The van der Waals surface area contributed by atoms with Crippen LogP contribution in [0, 0.1) is 0 Å². The summed E-state index contributed by atoms with van der Waals surface area (Å²) in [6, 6.07) is 10.8. The van der Waals surface area contributed by atoms with Gasteiger partial charge in [0.25, 0.3) is 0 Å². The van der Waals surface area contributed by atoms with Gasteiger partial charge < -0.3 is 24.4 Å². The molecule has 1 unspecified atom stereocenters. The lowest BCUT2D eigenvalue weighted by Gasteiger charge is -2.24. The van der Waals surface area contributed by atoms with Gasteiger partial charge in [-0.1, -0.05) is 12.1 Å². The van der Waals surface area contributed by atoms with E-state index in [1.807, 2.05) is 0 Å². The number of benzene rings is 2. The van der Waals surface area contributed by atoms with Crippen molar-refractivity contribution >= 4 is 5.78 Å². The van der Waals surface area contributed by atoms with Gasteiger partial charge in [0, 0.05) is 20.3 Å². The first-order valence-electron chi connectivity index (χ1n) is 7.27. The van der Waals surface area contributed by atoms with Gasteiger partial charge in [-0.25, -0.2) is 0 Å². The van der Waals surface area contributed by atoms with Crippen LogP contribution in [0.4, 0.5) is 0 Å². The van der Waals surface area contributed by atoms with Crippen molar-refractivity contribution in [2.24, 2.45) is 0 Å². The second-order valence-electron chi connectivity index (χ2n) is 5.16. The number of ketones is 1. The monoisotopic (exact) mass is 335 g/mol. The number of carbonyl (C=O) groups excluding carboxylic acids is 1. The van der Waals surface area contributed by atoms with Crippen molar-refractivity contribution in [2.75, 3.05) is 21.3 Å². The summed E-state index contributed by atoms with van der Waals surface area (Å²) in [5.41, 5.74) is 0.731. The van der Waals surface area contributed by atoms with Crippen LogP contribution in [0.3, 0.4) is 0 Å². The standard InChI is InChI=1S/C18H20O6/c1-22-13-7-4-11(5-8-13)16(18(23-2)24-3)17(21)14-9-6-12(19)10-15(14)20/h4-10,16,18-20H,1-3H3/i16+1,17+1,18+1. The van der Waals surface area contributed by atoms with Crippen molar-refractivity contribution < 1.29 is 29.2 Å². The van der Waals surface area contributed by atoms with Crippen molar-refractivity contribution in [2.45, 2.75) is 12.2 Å². The maximum atomic E-state index is 13.0. The van der Waals surface area contributed by atoms with E-state index in [4.69, 9.17) is 14.2 Å². The molecule has 2 aromatic rings. The van der Waals surface area contributed by atoms with Crippen LogP contribution in [0.25, 0.3) is 0 Å². The first-order chi connectivity index (χ1) is 11.5. The van der Waals surface area contributed by atoms with Gasteiger partial charge in [0.15, 0.2) is 12.1 Å². The number of hydrogen-bond acceptors (Lipinski definition) is 6. The molecule has 0 bridgehead atoms. The highest BCUT2D eigenvalue weighted by molar-refractivity contribution is 6.03. The van der Waals surface area contributed by atoms with E-state index in [-0.39, 0.29) is 22.8 Å². The van der Waals surface area contributed by atoms with Gasteiger partial charge in [-0.05, 0) is 29.8 Å². The van der Waals surface area contributed by atoms with E-state index in [1.165, 1.54) is 26.4 Å². The molecule has 24 heavy (non-hydrogen) atoms. The lowest BCUT2D eigenvalue weighted by Crippen LogP contribution is -2.29. The Morgan fingerprint density at radius 3 is 2.08 bits per heavy atom. The lowest BCUT2D eigenvalue weighted by atomic mass is 10.2. The molecule has 0 aliphatic rings. The topological polar surface area (TPSA) is 85.2 Å². The van der Waals surface area contributed by atoms with Crippen molar-refractivity contribution in [3.8, 4) is 17.2 Å². The molecular formula is C18H20O6. The largest absolute Gasteiger partial charge is 0.508 e. The second-order valence-corrected chi connectivity index (χ2v) is 5.16.